The molecule has 102 valence electrons. The van der Waals surface area contributed by atoms with Crippen molar-refractivity contribution in [3.05, 3.63) is 28.8 Å². The topological polar surface area (TPSA) is 81.2 Å². The molecule has 0 aliphatic rings. The van der Waals surface area contributed by atoms with Crippen LogP contribution in [-0.4, -0.2) is 22.0 Å². The maximum atomic E-state index is 11.7. The summed E-state index contributed by atoms with van der Waals surface area (Å²) >= 11 is 1.50. The highest BCUT2D eigenvalue weighted by molar-refractivity contribution is 7.99. The summed E-state index contributed by atoms with van der Waals surface area (Å²) < 4.78 is 9.93. The lowest BCUT2D eigenvalue weighted by Gasteiger charge is -2.01. The average Bonchev–Trinajstić information content (AvgIpc) is 2.89. The summed E-state index contributed by atoms with van der Waals surface area (Å²) in [5.41, 5.74) is 1.92. The first-order chi connectivity index (χ1) is 9.06. The van der Waals surface area contributed by atoms with E-state index in [0.29, 0.717) is 23.1 Å². The summed E-state index contributed by atoms with van der Waals surface area (Å²) in [5.74, 6) is 2.85. The van der Waals surface area contributed by atoms with Crippen molar-refractivity contribution in [1.29, 1.82) is 0 Å². The maximum absolute atomic E-state index is 11.7. The fourth-order valence-electron chi connectivity index (χ4n) is 1.56. The van der Waals surface area contributed by atoms with Crippen molar-refractivity contribution in [2.75, 3.05) is 11.1 Å². The van der Waals surface area contributed by atoms with Crippen molar-refractivity contribution in [1.82, 2.24) is 10.3 Å². The number of thioether (sulfide) groups is 1. The first-order valence-corrected chi connectivity index (χ1v) is 6.94. The number of amides is 1. The first kappa shape index (κ1) is 13.7. The third-order valence-electron chi connectivity index (χ3n) is 2.56. The van der Waals surface area contributed by atoms with E-state index in [1.54, 1.807) is 13.0 Å². The molecule has 2 rings (SSSR count). The number of rotatable bonds is 5. The predicted octanol–water partition coefficient (Wildman–Crippen LogP) is 2.46. The van der Waals surface area contributed by atoms with E-state index < -0.39 is 0 Å². The van der Waals surface area contributed by atoms with E-state index in [0.717, 1.165) is 17.0 Å². The lowest BCUT2D eigenvalue weighted by Crippen LogP contribution is -2.14. The molecule has 0 saturated heterocycles. The Balaban J connectivity index is 1.78. The Hall–Kier alpha value is -1.76. The van der Waals surface area contributed by atoms with Crippen molar-refractivity contribution < 1.29 is 13.8 Å². The Kier molecular flexibility index (Phi) is 4.26. The van der Waals surface area contributed by atoms with Crippen LogP contribution >= 0.6 is 11.8 Å². The van der Waals surface area contributed by atoms with Gasteiger partial charge in [0.15, 0.2) is 5.82 Å². The van der Waals surface area contributed by atoms with Gasteiger partial charge in [0, 0.05) is 17.4 Å². The Bertz CT molecular complexity index is 557. The molecule has 0 aliphatic heterocycles. The molecule has 7 heteroatoms. The normalized spacial score (nSPS) is 10.7. The number of hydrogen-bond acceptors (Lipinski definition) is 6. The first-order valence-electron chi connectivity index (χ1n) is 5.79. The zero-order valence-electron chi connectivity index (χ0n) is 11.0. The zero-order valence-corrected chi connectivity index (χ0v) is 11.8. The highest BCUT2D eigenvalue weighted by atomic mass is 32.2. The van der Waals surface area contributed by atoms with Crippen LogP contribution in [0.25, 0.3) is 0 Å². The number of carbonyl (C=O) groups is 1. The fourth-order valence-corrected chi connectivity index (χ4v) is 2.53. The Morgan fingerprint density at radius 1 is 1.32 bits per heavy atom. The van der Waals surface area contributed by atoms with Gasteiger partial charge < -0.3 is 14.4 Å². The summed E-state index contributed by atoms with van der Waals surface area (Å²) in [5, 5.41) is 10.2. The number of hydrogen-bond donors (Lipinski definition) is 1. The van der Waals surface area contributed by atoms with E-state index in [4.69, 9.17) is 9.05 Å². The van der Waals surface area contributed by atoms with Crippen molar-refractivity contribution in [3.8, 4) is 0 Å². The third kappa shape index (κ3) is 3.60. The van der Waals surface area contributed by atoms with Gasteiger partial charge in [-0.3, -0.25) is 4.79 Å². The standard InChI is InChI=1S/C12H15N3O3S/c1-7-4-11(15-17-7)13-12(16)6-19-5-10-8(2)14-18-9(10)3/h4H,5-6H2,1-3H3,(H,13,15,16). The smallest absolute Gasteiger partial charge is 0.235 e. The Morgan fingerprint density at radius 3 is 2.68 bits per heavy atom. The molecule has 0 unspecified atom stereocenters. The van der Waals surface area contributed by atoms with Gasteiger partial charge >= 0.3 is 0 Å². The van der Waals surface area contributed by atoms with E-state index in [1.165, 1.54) is 11.8 Å². The zero-order chi connectivity index (χ0) is 13.8. The molecular formula is C12H15N3O3S. The minimum Gasteiger partial charge on any atom is -0.361 e. The second-order valence-electron chi connectivity index (χ2n) is 4.17. The second-order valence-corrected chi connectivity index (χ2v) is 5.15. The van der Waals surface area contributed by atoms with Crippen LogP contribution in [0.5, 0.6) is 0 Å². The molecule has 6 nitrogen and oxygen atoms in total. The van der Waals surface area contributed by atoms with E-state index in [1.807, 2.05) is 13.8 Å². The molecule has 0 spiro atoms. The molecule has 0 aliphatic carbocycles. The van der Waals surface area contributed by atoms with Crippen LogP contribution in [0.4, 0.5) is 5.82 Å². The van der Waals surface area contributed by atoms with E-state index in [9.17, 15) is 4.79 Å². The molecular weight excluding hydrogens is 266 g/mol. The van der Waals surface area contributed by atoms with Gasteiger partial charge in [-0.25, -0.2) is 0 Å². The van der Waals surface area contributed by atoms with Crippen molar-refractivity contribution >= 4 is 23.5 Å². The van der Waals surface area contributed by atoms with Crippen LogP contribution in [0.15, 0.2) is 15.1 Å². The number of aromatic nitrogens is 2. The molecule has 0 fully saturated rings. The van der Waals surface area contributed by atoms with Crippen molar-refractivity contribution in [3.63, 3.8) is 0 Å². The van der Waals surface area contributed by atoms with Gasteiger partial charge in [0.1, 0.15) is 11.5 Å². The largest absolute Gasteiger partial charge is 0.361 e. The van der Waals surface area contributed by atoms with Gasteiger partial charge in [-0.1, -0.05) is 10.3 Å². The van der Waals surface area contributed by atoms with Crippen LogP contribution < -0.4 is 5.32 Å². The lowest BCUT2D eigenvalue weighted by atomic mass is 10.2. The molecule has 0 atom stereocenters. The Labute approximate surface area is 114 Å². The summed E-state index contributed by atoms with van der Waals surface area (Å²) in [7, 11) is 0. The van der Waals surface area contributed by atoms with Gasteiger partial charge in [0.2, 0.25) is 5.91 Å². The highest BCUT2D eigenvalue weighted by Gasteiger charge is 2.11. The average molecular weight is 281 g/mol. The van der Waals surface area contributed by atoms with Crippen LogP contribution in [-0.2, 0) is 10.5 Å². The van der Waals surface area contributed by atoms with Crippen LogP contribution in [0.2, 0.25) is 0 Å². The molecule has 19 heavy (non-hydrogen) atoms. The van der Waals surface area contributed by atoms with Gasteiger partial charge in [0.05, 0.1) is 11.4 Å². The number of nitrogens with one attached hydrogen (secondary N) is 1. The molecule has 1 amide bonds. The minimum atomic E-state index is -0.106. The summed E-state index contributed by atoms with van der Waals surface area (Å²) in [4.78, 5) is 11.7. The second kappa shape index (κ2) is 5.92. The van der Waals surface area contributed by atoms with Gasteiger partial charge in [-0.05, 0) is 20.8 Å². The van der Waals surface area contributed by atoms with Crippen LogP contribution in [0.3, 0.4) is 0 Å². The quantitative estimate of drug-likeness (QED) is 0.906. The molecule has 2 aromatic rings. The molecule has 0 aromatic carbocycles. The Morgan fingerprint density at radius 2 is 2.11 bits per heavy atom. The number of nitrogens with zero attached hydrogens (tertiary/aromatic N) is 2. The van der Waals surface area contributed by atoms with Crippen LogP contribution in [0.1, 0.15) is 22.8 Å². The van der Waals surface area contributed by atoms with Gasteiger partial charge in [0.25, 0.3) is 0 Å². The van der Waals surface area contributed by atoms with Crippen molar-refractivity contribution in [2.45, 2.75) is 26.5 Å². The molecule has 0 radical (unpaired) electrons. The molecule has 0 saturated carbocycles. The fraction of sp³-hybridized carbons (Fsp3) is 0.417. The predicted molar refractivity (Wildman–Crippen MR) is 72.0 cm³/mol. The van der Waals surface area contributed by atoms with Gasteiger partial charge in [-0.15, -0.1) is 11.8 Å². The summed E-state index contributed by atoms with van der Waals surface area (Å²) in [6, 6.07) is 1.68. The minimum absolute atomic E-state index is 0.106. The number of aryl methyl sites for hydroxylation is 3. The van der Waals surface area contributed by atoms with Gasteiger partial charge in [-0.2, -0.15) is 0 Å². The molecule has 1 N–H and O–H groups in total. The highest BCUT2D eigenvalue weighted by Crippen LogP contribution is 2.19. The molecule has 0 bridgehead atoms. The number of anilines is 1. The van der Waals surface area contributed by atoms with Crippen molar-refractivity contribution in [2.24, 2.45) is 0 Å². The SMILES string of the molecule is Cc1cc(NC(=O)CSCc2c(C)noc2C)no1. The summed E-state index contributed by atoms with van der Waals surface area (Å²) in [6.07, 6.45) is 0. The summed E-state index contributed by atoms with van der Waals surface area (Å²) in [6.45, 7) is 5.54. The lowest BCUT2D eigenvalue weighted by molar-refractivity contribution is -0.113. The van der Waals surface area contributed by atoms with E-state index in [2.05, 4.69) is 15.6 Å². The molecule has 2 heterocycles. The maximum Gasteiger partial charge on any atom is 0.235 e. The van der Waals surface area contributed by atoms with E-state index >= 15 is 0 Å². The third-order valence-corrected chi connectivity index (χ3v) is 3.52. The number of carbonyl (C=O) groups excluding carboxylic acids is 1. The molecule has 2 aromatic heterocycles. The monoisotopic (exact) mass is 281 g/mol. The van der Waals surface area contributed by atoms with Crippen LogP contribution in [0, 0.1) is 20.8 Å². The van der Waals surface area contributed by atoms with E-state index in [-0.39, 0.29) is 5.91 Å².